The lowest BCUT2D eigenvalue weighted by Crippen LogP contribution is -2.46. The summed E-state index contributed by atoms with van der Waals surface area (Å²) in [4.78, 5) is 27.6. The first-order valence-electron chi connectivity index (χ1n) is 7.82. The van der Waals surface area contributed by atoms with Crippen molar-refractivity contribution < 1.29 is 4.92 Å². The molecule has 9 nitrogen and oxygen atoms in total. The molecule has 0 aromatic carbocycles. The average Bonchev–Trinajstić information content (AvgIpc) is 2.63. The molecule has 2 aromatic rings. The lowest BCUT2D eigenvalue weighted by molar-refractivity contribution is -0.383. The molecule has 3 heterocycles. The Balaban J connectivity index is 1.76. The molecule has 3 rings (SSSR count). The number of rotatable bonds is 5. The largest absolute Gasteiger partial charge is 0.367 e. The molecular formula is C15H18BrN7O2. The standard InChI is InChI=1S/C15H18BrN7O2/c1-17-15-14(23(24)25)13(12(16)8-20-15)22-4-2-21(3-5-22)9-11-6-18-10-19-7-11/h6-8,10H,2-5,9H2,1H3,(H,17,20). The van der Waals surface area contributed by atoms with E-state index in [-0.39, 0.29) is 16.4 Å². The van der Waals surface area contributed by atoms with E-state index in [1.165, 1.54) is 6.33 Å². The van der Waals surface area contributed by atoms with Crippen LogP contribution in [0.2, 0.25) is 0 Å². The average molecular weight is 408 g/mol. The van der Waals surface area contributed by atoms with Gasteiger partial charge >= 0.3 is 5.69 Å². The summed E-state index contributed by atoms with van der Waals surface area (Å²) >= 11 is 3.42. The first kappa shape index (κ1) is 17.5. The molecule has 1 fully saturated rings. The summed E-state index contributed by atoms with van der Waals surface area (Å²) in [5.41, 5.74) is 1.64. The van der Waals surface area contributed by atoms with E-state index in [1.807, 2.05) is 17.3 Å². The molecule has 132 valence electrons. The third-order valence-electron chi connectivity index (χ3n) is 4.11. The van der Waals surface area contributed by atoms with Gasteiger partial charge in [-0.15, -0.1) is 0 Å². The van der Waals surface area contributed by atoms with Gasteiger partial charge in [-0.2, -0.15) is 0 Å². The van der Waals surface area contributed by atoms with E-state index in [4.69, 9.17) is 0 Å². The molecule has 1 N–H and O–H groups in total. The maximum Gasteiger partial charge on any atom is 0.335 e. The van der Waals surface area contributed by atoms with Crippen molar-refractivity contribution in [3.05, 3.63) is 45.1 Å². The molecule has 0 amide bonds. The molecular weight excluding hydrogens is 390 g/mol. The van der Waals surface area contributed by atoms with Crippen molar-refractivity contribution in [3.63, 3.8) is 0 Å². The second-order valence-electron chi connectivity index (χ2n) is 5.67. The van der Waals surface area contributed by atoms with E-state index >= 15 is 0 Å². The summed E-state index contributed by atoms with van der Waals surface area (Å²) in [7, 11) is 1.63. The van der Waals surface area contributed by atoms with Crippen molar-refractivity contribution in [3.8, 4) is 0 Å². The molecule has 0 atom stereocenters. The molecule has 0 bridgehead atoms. The fourth-order valence-electron chi connectivity index (χ4n) is 2.92. The van der Waals surface area contributed by atoms with Gasteiger partial charge in [0.1, 0.15) is 12.0 Å². The second kappa shape index (κ2) is 7.70. The monoisotopic (exact) mass is 407 g/mol. The lowest BCUT2D eigenvalue weighted by Gasteiger charge is -2.36. The van der Waals surface area contributed by atoms with Crippen molar-refractivity contribution in [1.29, 1.82) is 0 Å². The van der Waals surface area contributed by atoms with E-state index in [0.29, 0.717) is 23.2 Å². The number of piperazine rings is 1. The molecule has 0 radical (unpaired) electrons. The summed E-state index contributed by atoms with van der Waals surface area (Å²) < 4.78 is 0.628. The zero-order valence-corrected chi connectivity index (χ0v) is 15.3. The van der Waals surface area contributed by atoms with Crippen LogP contribution in [0.3, 0.4) is 0 Å². The molecule has 25 heavy (non-hydrogen) atoms. The summed E-state index contributed by atoms with van der Waals surface area (Å²) in [5, 5.41) is 14.4. The predicted octanol–water partition coefficient (Wildman–Crippen LogP) is 1.91. The van der Waals surface area contributed by atoms with Crippen LogP contribution < -0.4 is 10.2 Å². The number of halogens is 1. The van der Waals surface area contributed by atoms with Crippen LogP contribution in [0.1, 0.15) is 5.56 Å². The first-order chi connectivity index (χ1) is 12.1. The molecule has 1 saturated heterocycles. The van der Waals surface area contributed by atoms with Crippen LogP contribution in [0.5, 0.6) is 0 Å². The van der Waals surface area contributed by atoms with Crippen molar-refractivity contribution >= 4 is 33.1 Å². The third kappa shape index (κ3) is 3.85. The van der Waals surface area contributed by atoms with Crippen LogP contribution in [-0.2, 0) is 6.54 Å². The Morgan fingerprint density at radius 3 is 2.52 bits per heavy atom. The number of nitro groups is 1. The lowest BCUT2D eigenvalue weighted by atomic mass is 10.2. The van der Waals surface area contributed by atoms with Crippen LogP contribution in [-0.4, -0.2) is 58.0 Å². The second-order valence-corrected chi connectivity index (χ2v) is 6.52. The molecule has 1 aliphatic heterocycles. The fraction of sp³-hybridized carbons (Fsp3) is 0.400. The topological polar surface area (TPSA) is 100 Å². The number of aromatic nitrogens is 3. The molecule has 0 aliphatic carbocycles. The molecule has 1 aliphatic rings. The highest BCUT2D eigenvalue weighted by atomic mass is 79.9. The van der Waals surface area contributed by atoms with Crippen LogP contribution in [0.25, 0.3) is 0 Å². The zero-order chi connectivity index (χ0) is 17.8. The minimum Gasteiger partial charge on any atom is -0.367 e. The Bertz CT molecular complexity index is 751. The van der Waals surface area contributed by atoms with Gasteiger partial charge in [-0.1, -0.05) is 0 Å². The van der Waals surface area contributed by atoms with Gasteiger partial charge in [-0.25, -0.2) is 15.0 Å². The van der Waals surface area contributed by atoms with Gasteiger partial charge < -0.3 is 10.2 Å². The van der Waals surface area contributed by atoms with Gasteiger partial charge in [0.25, 0.3) is 0 Å². The van der Waals surface area contributed by atoms with Crippen LogP contribution in [0.4, 0.5) is 17.2 Å². The summed E-state index contributed by atoms with van der Waals surface area (Å²) in [5.74, 6) is 0.270. The zero-order valence-electron chi connectivity index (χ0n) is 13.7. The van der Waals surface area contributed by atoms with Gasteiger partial charge in [0.15, 0.2) is 0 Å². The normalized spacial score (nSPS) is 15.2. The Hall–Kier alpha value is -2.33. The number of pyridine rings is 1. The third-order valence-corrected chi connectivity index (χ3v) is 4.69. The highest BCUT2D eigenvalue weighted by Crippen LogP contribution is 2.40. The highest BCUT2D eigenvalue weighted by molar-refractivity contribution is 9.10. The van der Waals surface area contributed by atoms with E-state index in [2.05, 4.69) is 41.1 Å². The molecule has 10 heteroatoms. The molecule has 0 spiro atoms. The minimum absolute atomic E-state index is 0.00165. The molecule has 0 unspecified atom stereocenters. The predicted molar refractivity (Wildman–Crippen MR) is 97.7 cm³/mol. The van der Waals surface area contributed by atoms with Gasteiger partial charge in [-0.3, -0.25) is 15.0 Å². The van der Waals surface area contributed by atoms with Crippen molar-refractivity contribution in [2.24, 2.45) is 0 Å². The van der Waals surface area contributed by atoms with E-state index < -0.39 is 0 Å². The van der Waals surface area contributed by atoms with Crippen LogP contribution in [0.15, 0.2) is 29.4 Å². The number of hydrogen-bond donors (Lipinski definition) is 1. The van der Waals surface area contributed by atoms with E-state index in [9.17, 15) is 10.1 Å². The Morgan fingerprint density at radius 2 is 1.92 bits per heavy atom. The van der Waals surface area contributed by atoms with Crippen molar-refractivity contribution in [2.75, 3.05) is 43.4 Å². The smallest absolute Gasteiger partial charge is 0.335 e. The Labute approximate surface area is 153 Å². The first-order valence-corrected chi connectivity index (χ1v) is 8.61. The fourth-order valence-corrected chi connectivity index (χ4v) is 3.47. The van der Waals surface area contributed by atoms with E-state index in [0.717, 1.165) is 25.2 Å². The minimum atomic E-state index is -0.382. The van der Waals surface area contributed by atoms with Crippen molar-refractivity contribution in [2.45, 2.75) is 6.54 Å². The van der Waals surface area contributed by atoms with Crippen LogP contribution >= 0.6 is 15.9 Å². The highest BCUT2D eigenvalue weighted by Gasteiger charge is 2.29. The van der Waals surface area contributed by atoms with Gasteiger partial charge in [0.2, 0.25) is 5.82 Å². The number of nitrogens with zero attached hydrogens (tertiary/aromatic N) is 6. The summed E-state index contributed by atoms with van der Waals surface area (Å²) in [6.45, 7) is 3.77. The van der Waals surface area contributed by atoms with Crippen LogP contribution in [0, 0.1) is 10.1 Å². The number of nitrogens with one attached hydrogen (secondary N) is 1. The van der Waals surface area contributed by atoms with Crippen molar-refractivity contribution in [1.82, 2.24) is 19.9 Å². The Morgan fingerprint density at radius 1 is 1.24 bits per heavy atom. The molecule has 2 aromatic heterocycles. The maximum absolute atomic E-state index is 11.6. The quantitative estimate of drug-likeness (QED) is 0.592. The van der Waals surface area contributed by atoms with E-state index in [1.54, 1.807) is 13.2 Å². The SMILES string of the molecule is CNc1ncc(Br)c(N2CCN(Cc3cncnc3)CC2)c1[N+](=O)[O-]. The summed E-state index contributed by atoms with van der Waals surface area (Å²) in [6.07, 6.45) is 6.73. The number of hydrogen-bond acceptors (Lipinski definition) is 8. The number of anilines is 2. The molecule has 0 saturated carbocycles. The van der Waals surface area contributed by atoms with Gasteiger partial charge in [0.05, 0.1) is 9.40 Å². The maximum atomic E-state index is 11.6. The van der Waals surface area contributed by atoms with Gasteiger partial charge in [0, 0.05) is 63.9 Å². The van der Waals surface area contributed by atoms with Gasteiger partial charge in [-0.05, 0) is 15.9 Å². The summed E-state index contributed by atoms with van der Waals surface area (Å²) in [6, 6.07) is 0. The Kier molecular flexibility index (Phi) is 5.39.